The summed E-state index contributed by atoms with van der Waals surface area (Å²) < 4.78 is 63.4. The predicted molar refractivity (Wildman–Crippen MR) is 91.6 cm³/mol. The smallest absolute Gasteiger partial charge is 0.378 e. The molecule has 2 aromatic rings. The van der Waals surface area contributed by atoms with Crippen molar-refractivity contribution in [3.63, 3.8) is 0 Å². The summed E-state index contributed by atoms with van der Waals surface area (Å²) in [5, 5.41) is 7.95. The Morgan fingerprint density at radius 1 is 1.20 bits per heavy atom. The number of rotatable bonds is 3. The molecule has 0 fully saturated rings. The minimum absolute atomic E-state index is 0.145. The Balaban J connectivity index is 1.97. The van der Waals surface area contributed by atoms with E-state index in [9.17, 15) is 21.6 Å². The first-order valence-corrected chi connectivity index (χ1v) is 9.69. The number of hydrogen-bond acceptors (Lipinski definition) is 3. The Labute approximate surface area is 151 Å². The van der Waals surface area contributed by atoms with Gasteiger partial charge in [0.2, 0.25) is 10.0 Å². The SMILES string of the molecule is NS(=O)(=O)c1ccc(NC2CCc3c(Br)cccc32)cc1C(F)(F)F. The predicted octanol–water partition coefficient (Wildman–Crippen LogP) is 4.21. The second-order valence-electron chi connectivity index (χ2n) is 5.80. The van der Waals surface area contributed by atoms with E-state index in [1.54, 1.807) is 0 Å². The molecule has 0 spiro atoms. The van der Waals surface area contributed by atoms with Gasteiger partial charge in [-0.05, 0) is 48.2 Å². The maximum atomic E-state index is 13.2. The van der Waals surface area contributed by atoms with Crippen LogP contribution in [0.25, 0.3) is 0 Å². The lowest BCUT2D eigenvalue weighted by Crippen LogP contribution is -2.19. The molecule has 3 N–H and O–H groups in total. The zero-order chi connectivity index (χ0) is 18.4. The van der Waals surface area contributed by atoms with Crippen LogP contribution in [-0.2, 0) is 22.6 Å². The second kappa shape index (κ2) is 6.30. The molecule has 1 aliphatic carbocycles. The molecule has 9 heteroatoms. The van der Waals surface area contributed by atoms with Crippen molar-refractivity contribution in [3.8, 4) is 0 Å². The zero-order valence-corrected chi connectivity index (χ0v) is 15.2. The molecule has 0 saturated carbocycles. The Bertz CT molecular complexity index is 929. The van der Waals surface area contributed by atoms with Gasteiger partial charge in [0, 0.05) is 10.2 Å². The van der Waals surface area contributed by atoms with Crippen LogP contribution in [-0.4, -0.2) is 8.42 Å². The van der Waals surface area contributed by atoms with Gasteiger partial charge in [-0.1, -0.05) is 28.1 Å². The Morgan fingerprint density at radius 2 is 1.92 bits per heavy atom. The lowest BCUT2D eigenvalue weighted by molar-refractivity contribution is -0.139. The number of fused-ring (bicyclic) bond motifs is 1. The monoisotopic (exact) mass is 434 g/mol. The van der Waals surface area contributed by atoms with Gasteiger partial charge < -0.3 is 5.32 Å². The van der Waals surface area contributed by atoms with Crippen LogP contribution in [0, 0.1) is 0 Å². The Kier molecular flexibility index (Phi) is 4.59. The van der Waals surface area contributed by atoms with E-state index in [0.717, 1.165) is 40.6 Å². The van der Waals surface area contributed by atoms with Crippen LogP contribution in [0.3, 0.4) is 0 Å². The van der Waals surface area contributed by atoms with Gasteiger partial charge in [-0.3, -0.25) is 0 Å². The molecule has 0 radical (unpaired) electrons. The van der Waals surface area contributed by atoms with Gasteiger partial charge in [-0.2, -0.15) is 13.2 Å². The first kappa shape index (κ1) is 18.2. The van der Waals surface area contributed by atoms with Crippen molar-refractivity contribution < 1.29 is 21.6 Å². The number of anilines is 1. The number of nitrogens with one attached hydrogen (secondary N) is 1. The molecule has 0 amide bonds. The highest BCUT2D eigenvalue weighted by Crippen LogP contribution is 2.40. The highest BCUT2D eigenvalue weighted by atomic mass is 79.9. The van der Waals surface area contributed by atoms with Gasteiger partial charge in [0.15, 0.2) is 0 Å². The van der Waals surface area contributed by atoms with Gasteiger partial charge in [-0.25, -0.2) is 13.6 Å². The van der Waals surface area contributed by atoms with Crippen LogP contribution < -0.4 is 10.5 Å². The van der Waals surface area contributed by atoms with Crippen LogP contribution in [0.2, 0.25) is 0 Å². The summed E-state index contributed by atoms with van der Waals surface area (Å²) in [5.41, 5.74) is 1.06. The summed E-state index contributed by atoms with van der Waals surface area (Å²) in [6, 6.07) is 8.54. The minimum atomic E-state index is -4.82. The van der Waals surface area contributed by atoms with Crippen LogP contribution in [0.15, 0.2) is 45.8 Å². The van der Waals surface area contributed by atoms with Crippen LogP contribution in [0.1, 0.15) is 29.2 Å². The molecule has 1 aliphatic rings. The van der Waals surface area contributed by atoms with Crippen LogP contribution in [0.4, 0.5) is 18.9 Å². The third kappa shape index (κ3) is 3.68. The number of primary sulfonamides is 1. The summed E-state index contributed by atoms with van der Waals surface area (Å²) in [5.74, 6) is 0. The first-order chi connectivity index (χ1) is 11.6. The maximum absolute atomic E-state index is 13.2. The molecule has 4 nitrogen and oxygen atoms in total. The fourth-order valence-electron chi connectivity index (χ4n) is 3.05. The lowest BCUT2D eigenvalue weighted by Gasteiger charge is -2.18. The van der Waals surface area contributed by atoms with Gasteiger partial charge >= 0.3 is 6.18 Å². The molecule has 0 heterocycles. The third-order valence-electron chi connectivity index (χ3n) is 4.15. The highest BCUT2D eigenvalue weighted by Gasteiger charge is 2.37. The molecule has 0 saturated heterocycles. The number of halogens is 4. The quantitative estimate of drug-likeness (QED) is 0.759. The van der Waals surface area contributed by atoms with Crippen LogP contribution >= 0.6 is 15.9 Å². The molecule has 134 valence electrons. The summed E-state index contributed by atoms with van der Waals surface area (Å²) >= 11 is 3.47. The van der Waals surface area contributed by atoms with Crippen molar-refractivity contribution in [3.05, 3.63) is 57.6 Å². The third-order valence-corrected chi connectivity index (χ3v) is 5.86. The largest absolute Gasteiger partial charge is 0.417 e. The molecule has 3 rings (SSSR count). The molecule has 1 unspecified atom stereocenters. The minimum Gasteiger partial charge on any atom is -0.378 e. The van der Waals surface area contributed by atoms with E-state index in [1.165, 1.54) is 6.07 Å². The van der Waals surface area contributed by atoms with Gasteiger partial charge in [0.05, 0.1) is 16.5 Å². The highest BCUT2D eigenvalue weighted by molar-refractivity contribution is 9.10. The first-order valence-electron chi connectivity index (χ1n) is 7.35. The van der Waals surface area contributed by atoms with Crippen molar-refractivity contribution in [2.45, 2.75) is 30.0 Å². The molecule has 0 aliphatic heterocycles. The number of hydrogen-bond donors (Lipinski definition) is 2. The standard InChI is InChI=1S/C16H14BrF3N2O2S/c17-13-3-1-2-11-10(13)5-6-14(11)22-9-4-7-15(25(21,23)24)12(8-9)16(18,19)20/h1-4,7-8,14,22H,5-6H2,(H2,21,23,24). The van der Waals surface area contributed by atoms with Crippen molar-refractivity contribution >= 4 is 31.6 Å². The summed E-state index contributed by atoms with van der Waals surface area (Å²) in [6.07, 6.45) is -3.29. The van der Waals surface area contributed by atoms with Gasteiger partial charge in [0.25, 0.3) is 0 Å². The molecular formula is C16H14BrF3N2O2S. The summed E-state index contributed by atoms with van der Waals surface area (Å²) in [4.78, 5) is -0.930. The number of benzene rings is 2. The van der Waals surface area contributed by atoms with E-state index in [-0.39, 0.29) is 11.7 Å². The lowest BCUT2D eigenvalue weighted by atomic mass is 10.1. The summed E-state index contributed by atoms with van der Waals surface area (Å²) in [7, 11) is -4.47. The second-order valence-corrected chi connectivity index (χ2v) is 8.18. The normalized spacial score (nSPS) is 17.4. The van der Waals surface area contributed by atoms with Crippen molar-refractivity contribution in [1.29, 1.82) is 0 Å². The van der Waals surface area contributed by atoms with E-state index in [2.05, 4.69) is 21.2 Å². The summed E-state index contributed by atoms with van der Waals surface area (Å²) in [6.45, 7) is 0. The van der Waals surface area contributed by atoms with Crippen LogP contribution in [0.5, 0.6) is 0 Å². The molecule has 2 aromatic carbocycles. The number of alkyl halides is 3. The average molecular weight is 435 g/mol. The Hall–Kier alpha value is -1.58. The van der Waals surface area contributed by atoms with E-state index < -0.39 is 26.7 Å². The fraction of sp³-hybridized carbons (Fsp3) is 0.250. The molecule has 0 bridgehead atoms. The van der Waals surface area contributed by atoms with E-state index in [4.69, 9.17) is 5.14 Å². The van der Waals surface area contributed by atoms with Gasteiger partial charge in [0.1, 0.15) is 0 Å². The molecule has 25 heavy (non-hydrogen) atoms. The Morgan fingerprint density at radius 3 is 2.56 bits per heavy atom. The van der Waals surface area contributed by atoms with Crippen molar-refractivity contribution in [2.24, 2.45) is 5.14 Å². The van der Waals surface area contributed by atoms with Gasteiger partial charge in [-0.15, -0.1) is 0 Å². The molecule has 0 aromatic heterocycles. The van der Waals surface area contributed by atoms with E-state index in [1.807, 2.05) is 18.2 Å². The topological polar surface area (TPSA) is 72.2 Å². The molecule has 1 atom stereocenters. The van der Waals surface area contributed by atoms with E-state index in [0.29, 0.717) is 0 Å². The van der Waals surface area contributed by atoms with Crippen molar-refractivity contribution in [1.82, 2.24) is 0 Å². The maximum Gasteiger partial charge on any atom is 0.417 e. The van der Waals surface area contributed by atoms with E-state index >= 15 is 0 Å². The zero-order valence-electron chi connectivity index (χ0n) is 12.8. The number of sulfonamides is 1. The molecular weight excluding hydrogens is 421 g/mol. The average Bonchev–Trinajstić information content (AvgIpc) is 2.90. The fourth-order valence-corrected chi connectivity index (χ4v) is 4.37. The number of nitrogens with two attached hydrogens (primary N) is 1. The van der Waals surface area contributed by atoms with Crippen molar-refractivity contribution in [2.75, 3.05) is 5.32 Å².